The van der Waals surface area contributed by atoms with Crippen LogP contribution in [0.15, 0.2) is 16.5 Å². The van der Waals surface area contributed by atoms with Gasteiger partial charge in [-0.3, -0.25) is 9.00 Å². The minimum absolute atomic E-state index is 0.0414. The van der Waals surface area contributed by atoms with E-state index in [4.69, 9.17) is 16.0 Å². The minimum atomic E-state index is -0.837. The molecule has 1 amide bonds. The SMILES string of the molecule is CC(CCS(C)=O)NC(=O)c1ccc(Cl)o1. The molecule has 0 radical (unpaired) electrons. The summed E-state index contributed by atoms with van der Waals surface area (Å²) in [6.07, 6.45) is 2.31. The van der Waals surface area contributed by atoms with Crippen molar-refractivity contribution in [1.82, 2.24) is 5.32 Å². The highest BCUT2D eigenvalue weighted by Gasteiger charge is 2.13. The first-order valence-electron chi connectivity index (χ1n) is 4.85. The van der Waals surface area contributed by atoms with Gasteiger partial charge in [-0.05, 0) is 37.1 Å². The number of carbonyl (C=O) groups is 1. The molecular formula is C10H14ClNO3S. The molecule has 0 aliphatic rings. The zero-order valence-electron chi connectivity index (χ0n) is 9.16. The Balaban J connectivity index is 2.42. The lowest BCUT2D eigenvalue weighted by Crippen LogP contribution is -2.33. The Kier molecular flexibility index (Phi) is 5.02. The number of furan rings is 1. The van der Waals surface area contributed by atoms with Crippen LogP contribution in [0.2, 0.25) is 5.22 Å². The number of nitrogens with one attached hydrogen (secondary N) is 1. The van der Waals surface area contributed by atoms with E-state index in [-0.39, 0.29) is 22.9 Å². The number of amides is 1. The zero-order chi connectivity index (χ0) is 12.1. The van der Waals surface area contributed by atoms with Crippen molar-refractivity contribution in [1.29, 1.82) is 0 Å². The molecule has 0 aliphatic heterocycles. The Bertz CT molecular complexity index is 391. The molecular weight excluding hydrogens is 250 g/mol. The third kappa shape index (κ3) is 4.37. The Morgan fingerprint density at radius 3 is 2.81 bits per heavy atom. The molecule has 1 heterocycles. The second-order valence-electron chi connectivity index (χ2n) is 3.54. The second kappa shape index (κ2) is 6.06. The average Bonchev–Trinajstić information content (AvgIpc) is 2.62. The van der Waals surface area contributed by atoms with Crippen LogP contribution in [0.5, 0.6) is 0 Å². The van der Waals surface area contributed by atoms with Gasteiger partial charge in [-0.1, -0.05) is 0 Å². The maximum Gasteiger partial charge on any atom is 0.287 e. The van der Waals surface area contributed by atoms with Crippen molar-refractivity contribution < 1.29 is 13.4 Å². The van der Waals surface area contributed by atoms with Gasteiger partial charge in [0.25, 0.3) is 5.91 Å². The fourth-order valence-corrected chi connectivity index (χ4v) is 1.98. The molecule has 0 fully saturated rings. The Hall–Kier alpha value is -0.810. The zero-order valence-corrected chi connectivity index (χ0v) is 10.7. The molecule has 0 saturated heterocycles. The molecule has 0 aliphatic carbocycles. The summed E-state index contributed by atoms with van der Waals surface area (Å²) < 4.78 is 15.8. The van der Waals surface area contributed by atoms with Crippen LogP contribution in [-0.4, -0.2) is 28.2 Å². The van der Waals surface area contributed by atoms with Gasteiger partial charge >= 0.3 is 0 Å². The van der Waals surface area contributed by atoms with E-state index in [1.807, 2.05) is 6.92 Å². The van der Waals surface area contributed by atoms with Crippen molar-refractivity contribution >= 4 is 28.3 Å². The van der Waals surface area contributed by atoms with Crippen LogP contribution < -0.4 is 5.32 Å². The topological polar surface area (TPSA) is 59.3 Å². The predicted octanol–water partition coefficient (Wildman–Crippen LogP) is 1.82. The first-order chi connectivity index (χ1) is 7.49. The molecule has 0 bridgehead atoms. The van der Waals surface area contributed by atoms with Crippen molar-refractivity contribution in [3.05, 3.63) is 23.1 Å². The summed E-state index contributed by atoms with van der Waals surface area (Å²) in [5, 5.41) is 2.93. The van der Waals surface area contributed by atoms with Gasteiger partial charge in [0.2, 0.25) is 0 Å². The average molecular weight is 264 g/mol. The Morgan fingerprint density at radius 1 is 1.62 bits per heavy atom. The van der Waals surface area contributed by atoms with E-state index in [9.17, 15) is 9.00 Å². The standard InChI is InChI=1S/C10H14ClNO3S/c1-7(5-6-16(2)14)12-10(13)8-3-4-9(11)15-8/h3-4,7H,5-6H2,1-2H3,(H,12,13). The van der Waals surface area contributed by atoms with E-state index < -0.39 is 10.8 Å². The van der Waals surface area contributed by atoms with Gasteiger partial charge in [0.1, 0.15) is 0 Å². The van der Waals surface area contributed by atoms with E-state index in [1.54, 1.807) is 6.26 Å². The van der Waals surface area contributed by atoms with Crippen LogP contribution in [0.4, 0.5) is 0 Å². The maximum atomic E-state index is 11.6. The quantitative estimate of drug-likeness (QED) is 0.882. The highest BCUT2D eigenvalue weighted by Crippen LogP contribution is 2.13. The van der Waals surface area contributed by atoms with E-state index in [0.29, 0.717) is 12.2 Å². The lowest BCUT2D eigenvalue weighted by atomic mass is 10.2. The summed E-state index contributed by atoms with van der Waals surface area (Å²) in [7, 11) is -0.837. The molecule has 0 saturated carbocycles. The van der Waals surface area contributed by atoms with Gasteiger partial charge in [-0.15, -0.1) is 0 Å². The number of hydrogen-bond acceptors (Lipinski definition) is 3. The Morgan fingerprint density at radius 2 is 2.31 bits per heavy atom. The summed E-state index contributed by atoms with van der Waals surface area (Å²) in [4.78, 5) is 11.6. The van der Waals surface area contributed by atoms with Crippen LogP contribution in [0.1, 0.15) is 23.9 Å². The maximum absolute atomic E-state index is 11.6. The molecule has 0 aromatic carbocycles. The smallest absolute Gasteiger partial charge is 0.287 e. The third-order valence-electron chi connectivity index (χ3n) is 2.01. The summed E-state index contributed by atoms with van der Waals surface area (Å²) in [5.41, 5.74) is 0. The molecule has 2 atom stereocenters. The fraction of sp³-hybridized carbons (Fsp3) is 0.500. The van der Waals surface area contributed by atoms with Crippen molar-refractivity contribution in [2.75, 3.05) is 12.0 Å². The van der Waals surface area contributed by atoms with E-state index in [2.05, 4.69) is 5.32 Å². The van der Waals surface area contributed by atoms with Gasteiger partial charge in [0.05, 0.1) is 0 Å². The highest BCUT2D eigenvalue weighted by atomic mass is 35.5. The monoisotopic (exact) mass is 263 g/mol. The van der Waals surface area contributed by atoms with Crippen LogP contribution in [-0.2, 0) is 10.8 Å². The predicted molar refractivity (Wildman–Crippen MR) is 64.2 cm³/mol. The van der Waals surface area contributed by atoms with E-state index in [0.717, 1.165) is 0 Å². The van der Waals surface area contributed by atoms with Crippen LogP contribution >= 0.6 is 11.6 Å². The number of carbonyl (C=O) groups excluding carboxylic acids is 1. The highest BCUT2D eigenvalue weighted by molar-refractivity contribution is 7.84. The minimum Gasteiger partial charge on any atom is -0.440 e. The van der Waals surface area contributed by atoms with Crippen molar-refractivity contribution in [2.45, 2.75) is 19.4 Å². The normalized spacial score (nSPS) is 14.4. The van der Waals surface area contributed by atoms with Crippen molar-refractivity contribution in [2.24, 2.45) is 0 Å². The lowest BCUT2D eigenvalue weighted by molar-refractivity contribution is 0.0911. The lowest BCUT2D eigenvalue weighted by Gasteiger charge is -2.11. The van der Waals surface area contributed by atoms with Gasteiger partial charge in [0.15, 0.2) is 11.0 Å². The van der Waals surface area contributed by atoms with Gasteiger partial charge in [-0.25, -0.2) is 0 Å². The van der Waals surface area contributed by atoms with E-state index >= 15 is 0 Å². The molecule has 16 heavy (non-hydrogen) atoms. The second-order valence-corrected chi connectivity index (χ2v) is 5.47. The van der Waals surface area contributed by atoms with Gasteiger partial charge in [0, 0.05) is 28.9 Å². The van der Waals surface area contributed by atoms with E-state index in [1.165, 1.54) is 12.1 Å². The van der Waals surface area contributed by atoms with Crippen LogP contribution in [0, 0.1) is 0 Å². The Labute approximate surface area is 102 Å². The fourth-order valence-electron chi connectivity index (χ4n) is 1.15. The summed E-state index contributed by atoms with van der Waals surface area (Å²) in [6.45, 7) is 1.86. The van der Waals surface area contributed by atoms with Gasteiger partial charge in [-0.2, -0.15) is 0 Å². The third-order valence-corrected chi connectivity index (χ3v) is 3.03. The van der Waals surface area contributed by atoms with Crippen LogP contribution in [0.3, 0.4) is 0 Å². The summed E-state index contributed by atoms with van der Waals surface area (Å²) in [5.74, 6) is 0.455. The first kappa shape index (κ1) is 13.3. The molecule has 2 unspecified atom stereocenters. The number of halogens is 1. The summed E-state index contributed by atoms with van der Waals surface area (Å²) in [6, 6.07) is 2.99. The van der Waals surface area contributed by atoms with Crippen molar-refractivity contribution in [3.8, 4) is 0 Å². The molecule has 1 aromatic heterocycles. The molecule has 1 N–H and O–H groups in total. The van der Waals surface area contributed by atoms with Crippen LogP contribution in [0.25, 0.3) is 0 Å². The largest absolute Gasteiger partial charge is 0.440 e. The number of hydrogen-bond donors (Lipinski definition) is 1. The molecule has 4 nitrogen and oxygen atoms in total. The molecule has 0 spiro atoms. The summed E-state index contributed by atoms with van der Waals surface area (Å²) >= 11 is 5.56. The van der Waals surface area contributed by atoms with Crippen molar-refractivity contribution in [3.63, 3.8) is 0 Å². The molecule has 6 heteroatoms. The molecule has 1 rings (SSSR count). The first-order valence-corrected chi connectivity index (χ1v) is 6.96. The van der Waals surface area contributed by atoms with Gasteiger partial charge < -0.3 is 9.73 Å². The molecule has 90 valence electrons. The molecule has 1 aromatic rings. The number of rotatable bonds is 5.